The van der Waals surface area contributed by atoms with Gasteiger partial charge >= 0.3 is 0 Å². The van der Waals surface area contributed by atoms with Crippen molar-refractivity contribution >= 4 is 75.4 Å². The second-order valence-corrected chi connectivity index (χ2v) is 15.4. The molecule has 0 bridgehead atoms. The van der Waals surface area contributed by atoms with Gasteiger partial charge in [0.05, 0.1) is 0 Å². The number of hydrogen-bond acceptors (Lipinski definition) is 6. The Hall–Kier alpha value is -7.41. The standard InChI is InChI=1S/C51H29N3O2S/c1-3-13-30(14-4-1)49-52-50(31-15-5-2-6-16-31)54-51(53-49)32-25-26-36-38-21-12-22-39(48(38)57-45(36)29-32)41-27-33(28-44-46(41)40-18-8-10-24-43(40)55-44)34-19-11-20-37-35-17-7-9-23-42(35)56-47(34)37/h1-29H. The van der Waals surface area contributed by atoms with Crippen LogP contribution in [0.4, 0.5) is 0 Å². The molecule has 0 unspecified atom stereocenters. The molecular weight excluding hydrogens is 719 g/mol. The number of furan rings is 2. The molecule has 0 spiro atoms. The van der Waals surface area contributed by atoms with E-state index in [2.05, 4.69) is 91.0 Å². The Balaban J connectivity index is 1.07. The Morgan fingerprint density at radius 2 is 0.947 bits per heavy atom. The maximum Gasteiger partial charge on any atom is 0.164 e. The lowest BCUT2D eigenvalue weighted by Gasteiger charge is -2.10. The van der Waals surface area contributed by atoms with E-state index in [1.54, 1.807) is 11.3 Å². The normalized spacial score (nSPS) is 11.9. The fourth-order valence-corrected chi connectivity index (χ4v) is 9.55. The zero-order chi connectivity index (χ0) is 37.5. The monoisotopic (exact) mass is 747 g/mol. The number of nitrogens with zero attached hydrogens (tertiary/aromatic N) is 3. The average Bonchev–Trinajstić information content (AvgIpc) is 3.97. The highest BCUT2D eigenvalue weighted by Gasteiger charge is 2.21. The number of thiophene rings is 1. The third kappa shape index (κ3) is 5.12. The van der Waals surface area contributed by atoms with Crippen molar-refractivity contribution in [1.29, 1.82) is 0 Å². The molecule has 12 aromatic rings. The van der Waals surface area contributed by atoms with Crippen LogP contribution in [0.15, 0.2) is 185 Å². The van der Waals surface area contributed by atoms with Crippen LogP contribution >= 0.6 is 11.3 Å². The highest BCUT2D eigenvalue weighted by atomic mass is 32.1. The Morgan fingerprint density at radius 3 is 1.68 bits per heavy atom. The van der Waals surface area contributed by atoms with E-state index < -0.39 is 0 Å². The molecule has 0 saturated carbocycles. The summed E-state index contributed by atoms with van der Waals surface area (Å²) >= 11 is 1.80. The fraction of sp³-hybridized carbons (Fsp3) is 0. The topological polar surface area (TPSA) is 65.0 Å². The summed E-state index contributed by atoms with van der Waals surface area (Å²) in [5.41, 5.74) is 10.6. The predicted molar refractivity (Wildman–Crippen MR) is 234 cm³/mol. The summed E-state index contributed by atoms with van der Waals surface area (Å²) in [4.78, 5) is 14.9. The molecule has 4 aromatic heterocycles. The third-order valence-corrected chi connectivity index (χ3v) is 12.1. The number of aromatic nitrogens is 3. The minimum atomic E-state index is 0.640. The zero-order valence-electron chi connectivity index (χ0n) is 30.3. The van der Waals surface area contributed by atoms with Crippen molar-refractivity contribution < 1.29 is 8.83 Å². The Bertz CT molecular complexity index is 3470. The number of fused-ring (bicyclic) bond motifs is 9. The van der Waals surface area contributed by atoms with E-state index in [9.17, 15) is 0 Å². The minimum Gasteiger partial charge on any atom is -0.456 e. The lowest BCUT2D eigenvalue weighted by molar-refractivity contribution is 0.668. The maximum atomic E-state index is 6.62. The Labute approximate surface area is 330 Å². The quantitative estimate of drug-likeness (QED) is 0.175. The van der Waals surface area contributed by atoms with Gasteiger partial charge in [0, 0.05) is 69.5 Å². The zero-order valence-corrected chi connectivity index (χ0v) is 31.1. The van der Waals surface area contributed by atoms with E-state index in [4.69, 9.17) is 23.8 Å². The van der Waals surface area contributed by atoms with Gasteiger partial charge in [0.15, 0.2) is 17.5 Å². The number of rotatable bonds is 5. The van der Waals surface area contributed by atoms with E-state index in [0.717, 1.165) is 87.5 Å². The molecule has 6 heteroatoms. The van der Waals surface area contributed by atoms with Gasteiger partial charge in [-0.15, -0.1) is 11.3 Å². The van der Waals surface area contributed by atoms with Crippen LogP contribution in [0.25, 0.3) is 120 Å². The average molecular weight is 748 g/mol. The summed E-state index contributed by atoms with van der Waals surface area (Å²) in [6, 6.07) is 60.9. The molecule has 8 aromatic carbocycles. The van der Waals surface area contributed by atoms with Crippen LogP contribution in [0.5, 0.6) is 0 Å². The van der Waals surface area contributed by atoms with Crippen LogP contribution in [-0.4, -0.2) is 15.0 Å². The molecule has 0 aliphatic heterocycles. The van der Waals surface area contributed by atoms with Crippen molar-refractivity contribution in [3.8, 4) is 56.4 Å². The van der Waals surface area contributed by atoms with E-state index in [-0.39, 0.29) is 0 Å². The first-order valence-electron chi connectivity index (χ1n) is 18.9. The first-order valence-corrected chi connectivity index (χ1v) is 19.7. The molecule has 0 saturated heterocycles. The second-order valence-electron chi connectivity index (χ2n) is 14.3. The van der Waals surface area contributed by atoms with Crippen molar-refractivity contribution in [2.75, 3.05) is 0 Å². The summed E-state index contributed by atoms with van der Waals surface area (Å²) in [5.74, 6) is 1.93. The van der Waals surface area contributed by atoms with Crippen molar-refractivity contribution in [1.82, 2.24) is 15.0 Å². The highest BCUT2D eigenvalue weighted by Crippen LogP contribution is 2.47. The van der Waals surface area contributed by atoms with E-state index in [0.29, 0.717) is 17.5 Å². The van der Waals surface area contributed by atoms with E-state index in [1.165, 1.54) is 15.5 Å². The minimum absolute atomic E-state index is 0.640. The smallest absolute Gasteiger partial charge is 0.164 e. The van der Waals surface area contributed by atoms with Crippen LogP contribution in [-0.2, 0) is 0 Å². The molecule has 57 heavy (non-hydrogen) atoms. The molecule has 0 N–H and O–H groups in total. The molecule has 266 valence electrons. The van der Waals surface area contributed by atoms with E-state index in [1.807, 2.05) is 84.9 Å². The first-order chi connectivity index (χ1) is 28.2. The second kappa shape index (κ2) is 12.6. The van der Waals surface area contributed by atoms with Crippen molar-refractivity contribution in [3.63, 3.8) is 0 Å². The maximum absolute atomic E-state index is 6.62. The van der Waals surface area contributed by atoms with Crippen molar-refractivity contribution in [2.45, 2.75) is 0 Å². The highest BCUT2D eigenvalue weighted by molar-refractivity contribution is 7.26. The third-order valence-electron chi connectivity index (χ3n) is 10.9. The lowest BCUT2D eigenvalue weighted by atomic mass is 9.93. The summed E-state index contributed by atoms with van der Waals surface area (Å²) in [6.45, 7) is 0. The predicted octanol–water partition coefficient (Wildman–Crippen LogP) is 14.4. The van der Waals surface area contributed by atoms with Gasteiger partial charge in [0.1, 0.15) is 22.3 Å². The molecule has 0 aliphatic rings. The van der Waals surface area contributed by atoms with Crippen LogP contribution in [0, 0.1) is 0 Å². The molecule has 4 heterocycles. The van der Waals surface area contributed by atoms with Gasteiger partial charge < -0.3 is 8.83 Å². The summed E-state index contributed by atoms with van der Waals surface area (Å²) in [7, 11) is 0. The SMILES string of the molecule is c1ccc(-c2nc(-c3ccccc3)nc(-c3ccc4c(c3)sc3c(-c5cc(-c6cccc7c6oc6ccccc67)cc6oc7ccccc7c56)cccc34)n2)cc1. The van der Waals surface area contributed by atoms with Gasteiger partial charge in [-0.25, -0.2) is 15.0 Å². The number of benzene rings is 8. The van der Waals surface area contributed by atoms with Gasteiger partial charge in [-0.3, -0.25) is 0 Å². The van der Waals surface area contributed by atoms with E-state index >= 15 is 0 Å². The first kappa shape index (κ1) is 31.9. The molecule has 5 nitrogen and oxygen atoms in total. The summed E-state index contributed by atoms with van der Waals surface area (Å²) in [5, 5.41) is 6.80. The molecule has 0 radical (unpaired) electrons. The Kier molecular flexibility index (Phi) is 7.03. The van der Waals surface area contributed by atoms with Crippen LogP contribution in [0.2, 0.25) is 0 Å². The van der Waals surface area contributed by atoms with Gasteiger partial charge in [0.25, 0.3) is 0 Å². The lowest BCUT2D eigenvalue weighted by Crippen LogP contribution is -1.99. The molecule has 12 rings (SSSR count). The number of para-hydroxylation sites is 3. The fourth-order valence-electron chi connectivity index (χ4n) is 8.28. The van der Waals surface area contributed by atoms with Crippen molar-refractivity contribution in [3.05, 3.63) is 176 Å². The Morgan fingerprint density at radius 1 is 0.351 bits per heavy atom. The molecule has 0 fully saturated rings. The van der Waals surface area contributed by atoms with Crippen molar-refractivity contribution in [2.24, 2.45) is 0 Å². The van der Waals surface area contributed by atoms with Gasteiger partial charge in [-0.2, -0.15) is 0 Å². The van der Waals surface area contributed by atoms with Crippen LogP contribution in [0.3, 0.4) is 0 Å². The van der Waals surface area contributed by atoms with Gasteiger partial charge in [0.2, 0.25) is 0 Å². The molecule has 0 atom stereocenters. The largest absolute Gasteiger partial charge is 0.456 e. The van der Waals surface area contributed by atoms with Gasteiger partial charge in [-0.1, -0.05) is 146 Å². The molecular formula is C51H29N3O2S. The van der Waals surface area contributed by atoms with Crippen LogP contribution in [0.1, 0.15) is 0 Å². The van der Waals surface area contributed by atoms with Gasteiger partial charge in [-0.05, 0) is 41.5 Å². The molecule has 0 aliphatic carbocycles. The summed E-state index contributed by atoms with van der Waals surface area (Å²) in [6.07, 6.45) is 0. The number of hydrogen-bond donors (Lipinski definition) is 0. The molecule has 0 amide bonds. The van der Waals surface area contributed by atoms with Crippen LogP contribution < -0.4 is 0 Å². The summed E-state index contributed by atoms with van der Waals surface area (Å²) < 4.78 is 15.5.